The summed E-state index contributed by atoms with van der Waals surface area (Å²) in [6.45, 7) is 1.71. The highest BCUT2D eigenvalue weighted by molar-refractivity contribution is 5.73. The summed E-state index contributed by atoms with van der Waals surface area (Å²) in [7, 11) is 0. The van der Waals surface area contributed by atoms with E-state index in [0.29, 0.717) is 5.41 Å². The van der Waals surface area contributed by atoms with E-state index >= 15 is 0 Å². The molecule has 2 heteroatoms. The Kier molecular flexibility index (Phi) is 9.02. The number of carbonyl (C=O) groups is 1. The Morgan fingerprint density at radius 3 is 1.47 bits per heavy atom. The molecule has 1 N–H and O–H groups in total. The van der Waals surface area contributed by atoms with Crippen molar-refractivity contribution < 1.29 is 4.79 Å². The van der Waals surface area contributed by atoms with Crippen molar-refractivity contribution in [3.8, 4) is 0 Å². The summed E-state index contributed by atoms with van der Waals surface area (Å²) >= 11 is 0. The van der Waals surface area contributed by atoms with Gasteiger partial charge >= 0.3 is 0 Å². The fourth-order valence-corrected chi connectivity index (χ4v) is 8.67. The molecule has 5 aliphatic carbocycles. The summed E-state index contributed by atoms with van der Waals surface area (Å²) in [5, 5.41) is 3.37. The fourth-order valence-electron chi connectivity index (χ4n) is 8.67. The van der Waals surface area contributed by atoms with Gasteiger partial charge in [0, 0.05) is 12.5 Å². The summed E-state index contributed by atoms with van der Waals surface area (Å²) in [4.78, 5) is 11.8. The first-order chi connectivity index (χ1) is 15.6. The molecule has 5 aliphatic rings. The van der Waals surface area contributed by atoms with Crippen molar-refractivity contribution >= 4 is 5.91 Å². The van der Waals surface area contributed by atoms with E-state index in [0.717, 1.165) is 17.8 Å². The number of carbonyl (C=O) groups excluding carboxylic acids is 1. The number of hydrogen-bond acceptors (Lipinski definition) is 1. The molecule has 32 heavy (non-hydrogen) atoms. The van der Waals surface area contributed by atoms with Crippen LogP contribution in [0.2, 0.25) is 0 Å². The third kappa shape index (κ3) is 6.32. The lowest BCUT2D eigenvalue weighted by Gasteiger charge is -2.57. The van der Waals surface area contributed by atoms with Gasteiger partial charge in [0.2, 0.25) is 5.91 Å². The van der Waals surface area contributed by atoms with Crippen LogP contribution >= 0.6 is 0 Å². The summed E-state index contributed by atoms with van der Waals surface area (Å²) < 4.78 is 0. The largest absolute Gasteiger partial charge is 0.351 e. The molecule has 184 valence electrons. The van der Waals surface area contributed by atoms with Gasteiger partial charge < -0.3 is 5.32 Å². The molecular weight excluding hydrogens is 390 g/mol. The van der Waals surface area contributed by atoms with Gasteiger partial charge in [0.15, 0.2) is 0 Å². The molecule has 0 saturated heterocycles. The Hall–Kier alpha value is -0.530. The predicted molar refractivity (Wildman–Crippen MR) is 136 cm³/mol. The predicted octanol–water partition coefficient (Wildman–Crippen LogP) is 8.72. The topological polar surface area (TPSA) is 29.1 Å². The molecule has 0 radical (unpaired) electrons. The van der Waals surface area contributed by atoms with Gasteiger partial charge in [0.05, 0.1) is 0 Å². The van der Waals surface area contributed by atoms with Crippen molar-refractivity contribution in [3.63, 3.8) is 0 Å². The Morgan fingerprint density at radius 2 is 0.969 bits per heavy atom. The van der Waals surface area contributed by atoms with E-state index in [2.05, 4.69) is 5.32 Å². The first kappa shape index (κ1) is 24.6. The van der Waals surface area contributed by atoms with Gasteiger partial charge in [-0.3, -0.25) is 4.79 Å². The van der Waals surface area contributed by atoms with Gasteiger partial charge in [-0.2, -0.15) is 0 Å². The molecule has 5 saturated carbocycles. The Labute approximate surface area is 199 Å². The van der Waals surface area contributed by atoms with Crippen LogP contribution in [0.15, 0.2) is 0 Å². The van der Waals surface area contributed by atoms with Crippen molar-refractivity contribution in [1.82, 2.24) is 5.32 Å². The van der Waals surface area contributed by atoms with E-state index in [9.17, 15) is 4.79 Å². The molecule has 1 amide bonds. The van der Waals surface area contributed by atoms with Gasteiger partial charge in [-0.25, -0.2) is 0 Å². The van der Waals surface area contributed by atoms with Gasteiger partial charge in [0.1, 0.15) is 0 Å². The van der Waals surface area contributed by atoms with Crippen LogP contribution in [-0.4, -0.2) is 11.4 Å². The molecule has 5 fully saturated rings. The lowest BCUT2D eigenvalue weighted by atomic mass is 9.51. The van der Waals surface area contributed by atoms with Crippen LogP contribution in [-0.2, 0) is 4.79 Å². The van der Waals surface area contributed by atoms with Crippen molar-refractivity contribution in [2.24, 2.45) is 23.2 Å². The highest BCUT2D eigenvalue weighted by Gasteiger charge is 2.51. The van der Waals surface area contributed by atoms with Crippen LogP contribution in [0.25, 0.3) is 0 Å². The average molecular weight is 444 g/mol. The number of rotatable bonds is 3. The maximum Gasteiger partial charge on any atom is 0.217 e. The molecule has 2 atom stereocenters. The van der Waals surface area contributed by atoms with Crippen LogP contribution in [0.1, 0.15) is 155 Å². The van der Waals surface area contributed by atoms with Crippen LogP contribution in [0, 0.1) is 23.2 Å². The van der Waals surface area contributed by atoms with E-state index < -0.39 is 0 Å². The van der Waals surface area contributed by atoms with Crippen LogP contribution in [0.3, 0.4) is 0 Å². The highest BCUT2D eigenvalue weighted by Crippen LogP contribution is 2.58. The van der Waals surface area contributed by atoms with Crippen molar-refractivity contribution in [2.45, 2.75) is 160 Å². The maximum absolute atomic E-state index is 11.8. The van der Waals surface area contributed by atoms with E-state index in [1.807, 2.05) is 0 Å². The lowest BCUT2D eigenvalue weighted by Crippen LogP contribution is -2.57. The minimum Gasteiger partial charge on any atom is -0.351 e. The minimum absolute atomic E-state index is 0.156. The second-order valence-corrected chi connectivity index (χ2v) is 12.7. The third-order valence-corrected chi connectivity index (χ3v) is 10.7. The molecule has 0 aromatic carbocycles. The molecule has 0 aliphatic heterocycles. The summed E-state index contributed by atoms with van der Waals surface area (Å²) in [6, 6.07) is 0. The zero-order valence-corrected chi connectivity index (χ0v) is 21.4. The standard InChI is InChI=1S/C30H53NO/c1-25(32)31-30-22-19-29(20-23-30,21-24-30)28-17-11-7-6-10-15-27(16-12-18-28)26-13-8-4-2-3-5-9-14-26/h26-28H,2-24H2,1H3,(H,31,32). The van der Waals surface area contributed by atoms with Gasteiger partial charge in [-0.05, 0) is 74.5 Å². The molecule has 0 spiro atoms. The zero-order chi connectivity index (χ0) is 22.3. The van der Waals surface area contributed by atoms with E-state index in [4.69, 9.17) is 0 Å². The molecule has 2 bridgehead atoms. The summed E-state index contributed by atoms with van der Waals surface area (Å²) in [5.41, 5.74) is 0.769. The molecule has 2 unspecified atom stereocenters. The second kappa shape index (κ2) is 11.7. The molecule has 2 nitrogen and oxygen atoms in total. The maximum atomic E-state index is 11.8. The van der Waals surface area contributed by atoms with Crippen LogP contribution in [0.4, 0.5) is 0 Å². The Morgan fingerprint density at radius 1 is 0.562 bits per heavy atom. The molecule has 5 rings (SSSR count). The molecule has 0 aromatic rings. The van der Waals surface area contributed by atoms with Crippen LogP contribution < -0.4 is 5.32 Å². The average Bonchev–Trinajstić information content (AvgIpc) is 2.89. The number of amides is 1. The first-order valence-corrected chi connectivity index (χ1v) is 14.9. The van der Waals surface area contributed by atoms with Crippen molar-refractivity contribution in [2.75, 3.05) is 0 Å². The Bertz CT molecular complexity index is 549. The molecular formula is C30H53NO. The molecule has 0 heterocycles. The van der Waals surface area contributed by atoms with Gasteiger partial charge in [0.25, 0.3) is 0 Å². The lowest BCUT2D eigenvalue weighted by molar-refractivity contribution is -0.124. The monoisotopic (exact) mass is 443 g/mol. The van der Waals surface area contributed by atoms with Crippen molar-refractivity contribution in [1.29, 1.82) is 0 Å². The number of hydrogen-bond donors (Lipinski definition) is 1. The smallest absolute Gasteiger partial charge is 0.217 e. The minimum atomic E-state index is 0.156. The second-order valence-electron chi connectivity index (χ2n) is 12.7. The quantitative estimate of drug-likeness (QED) is 0.464. The third-order valence-electron chi connectivity index (χ3n) is 10.7. The van der Waals surface area contributed by atoms with E-state index in [1.54, 1.807) is 6.92 Å². The summed E-state index contributed by atoms with van der Waals surface area (Å²) in [5.74, 6) is 3.20. The van der Waals surface area contributed by atoms with E-state index in [-0.39, 0.29) is 11.4 Å². The highest BCUT2D eigenvalue weighted by atomic mass is 16.1. The zero-order valence-electron chi connectivity index (χ0n) is 21.4. The fraction of sp³-hybridized carbons (Fsp3) is 0.967. The van der Waals surface area contributed by atoms with Gasteiger partial charge in [-0.15, -0.1) is 0 Å². The normalized spacial score (nSPS) is 38.7. The Balaban J connectivity index is 1.36. The SMILES string of the molecule is CC(=O)NC12CCC(C3CCCCCCC(C4CCCCCCCC4)CCC3)(CC1)CC2. The first-order valence-electron chi connectivity index (χ1n) is 14.9. The van der Waals surface area contributed by atoms with Gasteiger partial charge in [-0.1, -0.05) is 96.3 Å². The number of nitrogens with one attached hydrogen (secondary N) is 1. The van der Waals surface area contributed by atoms with Crippen molar-refractivity contribution in [3.05, 3.63) is 0 Å². The summed E-state index contributed by atoms with van der Waals surface area (Å²) in [6.07, 6.45) is 33.3. The van der Waals surface area contributed by atoms with E-state index in [1.165, 1.54) is 148 Å². The van der Waals surface area contributed by atoms with Crippen LogP contribution in [0.5, 0.6) is 0 Å². The molecule has 0 aromatic heterocycles. The number of fused-ring (bicyclic) bond motifs is 3.